The number of anilines is 1. The van der Waals surface area contributed by atoms with Crippen LogP contribution >= 0.6 is 15.9 Å². The van der Waals surface area contributed by atoms with Crippen LogP contribution in [0.25, 0.3) is 11.1 Å². The SMILES string of the molecule is Brc1cccc(C[n+]2cc(-c3ccccc3)cc(N3CCOCC3)n2)c1. The maximum atomic E-state index is 5.49. The van der Waals surface area contributed by atoms with E-state index in [-0.39, 0.29) is 0 Å². The lowest BCUT2D eigenvalue weighted by Crippen LogP contribution is -2.43. The average Bonchev–Trinajstić information content (AvgIpc) is 2.69. The van der Waals surface area contributed by atoms with Gasteiger partial charge >= 0.3 is 0 Å². The van der Waals surface area contributed by atoms with Crippen molar-refractivity contribution in [2.75, 3.05) is 31.2 Å². The highest BCUT2D eigenvalue weighted by molar-refractivity contribution is 9.10. The monoisotopic (exact) mass is 410 g/mol. The van der Waals surface area contributed by atoms with Gasteiger partial charge in [0.1, 0.15) is 0 Å². The topological polar surface area (TPSA) is 29.2 Å². The largest absolute Gasteiger partial charge is 0.378 e. The van der Waals surface area contributed by atoms with E-state index in [1.54, 1.807) is 0 Å². The number of aromatic nitrogens is 2. The first kappa shape index (κ1) is 17.2. The van der Waals surface area contributed by atoms with Crippen LogP contribution in [0.4, 0.5) is 5.82 Å². The molecular weight excluding hydrogens is 390 g/mol. The molecule has 0 N–H and O–H groups in total. The number of benzene rings is 2. The Morgan fingerprint density at radius 3 is 2.54 bits per heavy atom. The molecule has 0 unspecified atom stereocenters. The van der Waals surface area contributed by atoms with E-state index in [0.717, 1.165) is 43.1 Å². The molecule has 132 valence electrons. The summed E-state index contributed by atoms with van der Waals surface area (Å²) in [6, 6.07) is 21.0. The molecule has 0 atom stereocenters. The minimum atomic E-state index is 0.734. The quantitative estimate of drug-likeness (QED) is 0.614. The van der Waals surface area contributed by atoms with Gasteiger partial charge in [-0.1, -0.05) is 63.1 Å². The molecule has 1 aliphatic heterocycles. The minimum Gasteiger partial charge on any atom is -0.378 e. The van der Waals surface area contributed by atoms with Crippen molar-refractivity contribution >= 4 is 21.7 Å². The second-order valence-electron chi connectivity index (χ2n) is 6.38. The first-order valence-corrected chi connectivity index (χ1v) is 9.62. The summed E-state index contributed by atoms with van der Waals surface area (Å²) in [6.07, 6.45) is 2.13. The molecule has 0 spiro atoms. The Labute approximate surface area is 162 Å². The fourth-order valence-electron chi connectivity index (χ4n) is 3.17. The fraction of sp³-hybridized carbons (Fsp3) is 0.238. The highest BCUT2D eigenvalue weighted by Crippen LogP contribution is 2.22. The molecule has 0 bridgehead atoms. The average molecular weight is 411 g/mol. The lowest BCUT2D eigenvalue weighted by Gasteiger charge is -2.26. The fourth-order valence-corrected chi connectivity index (χ4v) is 3.61. The van der Waals surface area contributed by atoms with Gasteiger partial charge in [-0.15, -0.1) is 0 Å². The van der Waals surface area contributed by atoms with Crippen molar-refractivity contribution in [1.29, 1.82) is 0 Å². The van der Waals surface area contributed by atoms with Gasteiger partial charge in [0.15, 0.2) is 12.4 Å². The smallest absolute Gasteiger partial charge is 0.204 e. The van der Waals surface area contributed by atoms with Crippen LogP contribution in [0, 0.1) is 0 Å². The van der Waals surface area contributed by atoms with Gasteiger partial charge in [-0.05, 0) is 17.7 Å². The van der Waals surface area contributed by atoms with E-state index < -0.39 is 0 Å². The van der Waals surface area contributed by atoms with Crippen LogP contribution in [-0.4, -0.2) is 31.4 Å². The zero-order chi connectivity index (χ0) is 17.8. The van der Waals surface area contributed by atoms with Gasteiger partial charge in [-0.25, -0.2) is 0 Å². The molecule has 1 fully saturated rings. The van der Waals surface area contributed by atoms with Gasteiger partial charge in [-0.2, -0.15) is 0 Å². The molecule has 0 aliphatic carbocycles. The molecule has 1 aromatic heterocycles. The molecule has 0 saturated carbocycles. The third-order valence-electron chi connectivity index (χ3n) is 4.48. The summed E-state index contributed by atoms with van der Waals surface area (Å²) in [6.45, 7) is 3.99. The highest BCUT2D eigenvalue weighted by Gasteiger charge is 2.19. The molecule has 4 nitrogen and oxygen atoms in total. The highest BCUT2D eigenvalue weighted by atomic mass is 79.9. The second kappa shape index (κ2) is 7.98. The van der Waals surface area contributed by atoms with Crippen molar-refractivity contribution in [3.8, 4) is 11.1 Å². The maximum Gasteiger partial charge on any atom is 0.204 e. The molecule has 1 aliphatic rings. The van der Waals surface area contributed by atoms with Crippen molar-refractivity contribution in [2.24, 2.45) is 0 Å². The van der Waals surface area contributed by atoms with Crippen LogP contribution in [0.1, 0.15) is 5.56 Å². The molecule has 2 aromatic carbocycles. The van der Waals surface area contributed by atoms with Gasteiger partial charge in [0, 0.05) is 34.3 Å². The Balaban J connectivity index is 1.72. The number of halogens is 1. The summed E-state index contributed by atoms with van der Waals surface area (Å²) in [5.74, 6) is 1.00. The van der Waals surface area contributed by atoms with Gasteiger partial charge < -0.3 is 9.64 Å². The van der Waals surface area contributed by atoms with E-state index in [1.807, 2.05) is 16.8 Å². The Bertz CT molecular complexity index is 879. The molecule has 2 heterocycles. The third kappa shape index (κ3) is 4.11. The van der Waals surface area contributed by atoms with Gasteiger partial charge in [0.05, 0.1) is 18.8 Å². The van der Waals surface area contributed by atoms with E-state index >= 15 is 0 Å². The Hall–Kier alpha value is -2.24. The number of rotatable bonds is 4. The summed E-state index contributed by atoms with van der Waals surface area (Å²) in [7, 11) is 0. The van der Waals surface area contributed by atoms with Gasteiger partial charge in [-0.3, -0.25) is 0 Å². The molecule has 5 heteroatoms. The van der Waals surface area contributed by atoms with Crippen LogP contribution in [0.15, 0.2) is 71.3 Å². The zero-order valence-electron chi connectivity index (χ0n) is 14.5. The predicted octanol–water partition coefficient (Wildman–Crippen LogP) is 3.68. The van der Waals surface area contributed by atoms with Crippen LogP contribution in [0.3, 0.4) is 0 Å². The number of hydrogen-bond acceptors (Lipinski definition) is 3. The van der Waals surface area contributed by atoms with Crippen molar-refractivity contribution in [2.45, 2.75) is 6.54 Å². The first-order chi connectivity index (χ1) is 12.8. The molecule has 26 heavy (non-hydrogen) atoms. The normalized spacial score (nSPS) is 14.4. The van der Waals surface area contributed by atoms with E-state index in [0.29, 0.717) is 0 Å². The molecular formula is C21H21BrN3O+. The van der Waals surface area contributed by atoms with Crippen LogP contribution < -0.4 is 9.58 Å². The minimum absolute atomic E-state index is 0.734. The van der Waals surface area contributed by atoms with E-state index in [1.165, 1.54) is 16.7 Å². The van der Waals surface area contributed by atoms with E-state index in [9.17, 15) is 0 Å². The summed E-state index contributed by atoms with van der Waals surface area (Å²) in [5, 5.41) is 4.88. The Kier molecular flexibility index (Phi) is 5.27. The predicted molar refractivity (Wildman–Crippen MR) is 106 cm³/mol. The summed E-state index contributed by atoms with van der Waals surface area (Å²) < 4.78 is 8.62. The van der Waals surface area contributed by atoms with Crippen LogP contribution in [0.2, 0.25) is 0 Å². The standard InChI is InChI=1S/C21H21BrN3O/c22-20-8-4-5-17(13-20)15-25-16-19(18-6-2-1-3-7-18)14-21(23-25)24-9-11-26-12-10-24/h1-8,13-14,16H,9-12,15H2/q+1. The van der Waals surface area contributed by atoms with E-state index in [4.69, 9.17) is 9.84 Å². The molecule has 0 amide bonds. The van der Waals surface area contributed by atoms with Crippen LogP contribution in [-0.2, 0) is 11.3 Å². The molecule has 3 aromatic rings. The number of ether oxygens (including phenoxy) is 1. The second-order valence-corrected chi connectivity index (χ2v) is 7.30. The van der Waals surface area contributed by atoms with Crippen molar-refractivity contribution in [3.05, 3.63) is 76.9 Å². The van der Waals surface area contributed by atoms with Crippen molar-refractivity contribution in [1.82, 2.24) is 5.10 Å². The number of morpholine rings is 1. The number of nitrogens with zero attached hydrogens (tertiary/aromatic N) is 3. The maximum absolute atomic E-state index is 5.49. The first-order valence-electron chi connectivity index (χ1n) is 8.82. The molecule has 4 rings (SSSR count). The third-order valence-corrected chi connectivity index (χ3v) is 4.97. The molecule has 0 radical (unpaired) electrons. The summed E-state index contributed by atoms with van der Waals surface area (Å²) >= 11 is 3.55. The Morgan fingerprint density at radius 2 is 1.77 bits per heavy atom. The Morgan fingerprint density at radius 1 is 0.962 bits per heavy atom. The van der Waals surface area contributed by atoms with Crippen molar-refractivity contribution < 1.29 is 9.42 Å². The van der Waals surface area contributed by atoms with Gasteiger partial charge in [0.25, 0.3) is 0 Å². The number of hydrogen-bond donors (Lipinski definition) is 0. The van der Waals surface area contributed by atoms with Crippen LogP contribution in [0.5, 0.6) is 0 Å². The van der Waals surface area contributed by atoms with Crippen molar-refractivity contribution in [3.63, 3.8) is 0 Å². The molecule has 1 saturated heterocycles. The zero-order valence-corrected chi connectivity index (χ0v) is 16.1. The van der Waals surface area contributed by atoms with E-state index in [2.05, 4.69) is 75.6 Å². The summed E-state index contributed by atoms with van der Waals surface area (Å²) in [4.78, 5) is 2.30. The van der Waals surface area contributed by atoms with Gasteiger partial charge in [0.2, 0.25) is 6.20 Å². The lowest BCUT2D eigenvalue weighted by atomic mass is 10.1. The lowest BCUT2D eigenvalue weighted by molar-refractivity contribution is -0.744. The summed E-state index contributed by atoms with van der Waals surface area (Å²) in [5.41, 5.74) is 3.60.